The number of hydrogen-bond donors (Lipinski definition) is 2. The van der Waals surface area contributed by atoms with Crippen LogP contribution in [0, 0.1) is 15.5 Å². The minimum absolute atomic E-state index is 0.0625. The second kappa shape index (κ2) is 9.88. The Kier molecular flexibility index (Phi) is 7.55. The molecule has 154 valence electrons. The molecule has 2 rings (SSSR count). The van der Waals surface area contributed by atoms with Gasteiger partial charge in [0.15, 0.2) is 0 Å². The van der Waals surface area contributed by atoms with Crippen LogP contribution in [-0.2, 0) is 4.79 Å². The number of hydrogen-bond acceptors (Lipinski definition) is 4. The smallest absolute Gasteiger partial charge is 0.326 e. The normalized spacial score (nSPS) is 10.9. The van der Waals surface area contributed by atoms with Crippen molar-refractivity contribution in [2.24, 2.45) is 5.41 Å². The van der Waals surface area contributed by atoms with Crippen molar-refractivity contribution in [1.29, 1.82) is 0 Å². The Morgan fingerprint density at radius 1 is 1.10 bits per heavy atom. The Hall–Kier alpha value is -3.13. The Morgan fingerprint density at radius 3 is 2.28 bits per heavy atom. The molecule has 0 spiro atoms. The van der Waals surface area contributed by atoms with Crippen molar-refractivity contribution in [2.75, 3.05) is 29.2 Å². The Labute approximate surface area is 174 Å². The summed E-state index contributed by atoms with van der Waals surface area (Å²) in [5, 5.41) is 16.3. The predicted molar refractivity (Wildman–Crippen MR) is 113 cm³/mol. The summed E-state index contributed by atoms with van der Waals surface area (Å²) in [4.78, 5) is 36.7. The number of alkyl halides is 1. The number of urea groups is 1. The zero-order valence-electron chi connectivity index (χ0n) is 16.2. The molecule has 2 aromatic carbocycles. The number of nitrogens with zero attached hydrogens (tertiary/aromatic N) is 2. The number of anilines is 2. The van der Waals surface area contributed by atoms with E-state index in [1.807, 2.05) is 6.07 Å². The van der Waals surface area contributed by atoms with Crippen LogP contribution in [0.5, 0.6) is 0 Å². The lowest BCUT2D eigenvalue weighted by molar-refractivity contribution is -0.384. The van der Waals surface area contributed by atoms with Gasteiger partial charge in [-0.3, -0.25) is 19.8 Å². The third-order valence-corrected chi connectivity index (χ3v) is 4.88. The van der Waals surface area contributed by atoms with E-state index in [9.17, 15) is 19.7 Å². The summed E-state index contributed by atoms with van der Waals surface area (Å²) in [7, 11) is 0. The molecule has 0 unspecified atom stereocenters. The van der Waals surface area contributed by atoms with Gasteiger partial charge in [0, 0.05) is 42.5 Å². The number of carbonyl (C=O) groups excluding carboxylic acids is 2. The highest BCUT2D eigenvalue weighted by Gasteiger charge is 2.26. The van der Waals surface area contributed by atoms with E-state index in [4.69, 9.17) is 11.6 Å². The first kappa shape index (κ1) is 22.2. The van der Waals surface area contributed by atoms with Gasteiger partial charge in [-0.15, -0.1) is 11.6 Å². The molecule has 2 N–H and O–H groups in total. The molecule has 0 aromatic heterocycles. The van der Waals surface area contributed by atoms with E-state index in [2.05, 4.69) is 10.6 Å². The zero-order valence-corrected chi connectivity index (χ0v) is 17.0. The highest BCUT2D eigenvalue weighted by molar-refractivity contribution is 6.19. The van der Waals surface area contributed by atoms with Gasteiger partial charge < -0.3 is 10.6 Å². The Balaban J connectivity index is 2.08. The minimum Gasteiger partial charge on any atom is -0.354 e. The van der Waals surface area contributed by atoms with Crippen molar-refractivity contribution in [2.45, 2.75) is 13.8 Å². The predicted octanol–water partition coefficient (Wildman–Crippen LogP) is 4.01. The standard InChI is InChI=1S/C20H23ClN4O4/c1-20(2,14-21)18(26)22-12-13-24(16-6-4-3-5-7-16)19(27)23-15-8-10-17(11-9-15)25(28)29/h3-11H,12-14H2,1-2H3,(H,22,26)(H,23,27). The topological polar surface area (TPSA) is 105 Å². The second-order valence-electron chi connectivity index (χ2n) is 6.99. The van der Waals surface area contributed by atoms with Crippen LogP contribution in [0.1, 0.15) is 13.8 Å². The van der Waals surface area contributed by atoms with Crippen LogP contribution in [-0.4, -0.2) is 35.8 Å². The van der Waals surface area contributed by atoms with Crippen LogP contribution in [0.25, 0.3) is 0 Å². The van der Waals surface area contributed by atoms with E-state index in [1.54, 1.807) is 38.1 Å². The first-order chi connectivity index (χ1) is 13.7. The molecule has 0 heterocycles. The lowest BCUT2D eigenvalue weighted by atomic mass is 9.95. The molecule has 0 fully saturated rings. The SMILES string of the molecule is CC(C)(CCl)C(=O)NCCN(C(=O)Nc1ccc([N+](=O)[O-])cc1)c1ccccc1. The maximum Gasteiger partial charge on any atom is 0.326 e. The summed E-state index contributed by atoms with van der Waals surface area (Å²) >= 11 is 5.82. The van der Waals surface area contributed by atoms with Gasteiger partial charge in [0.25, 0.3) is 5.69 Å². The highest BCUT2D eigenvalue weighted by atomic mass is 35.5. The van der Waals surface area contributed by atoms with Crippen molar-refractivity contribution in [3.8, 4) is 0 Å². The molecular weight excluding hydrogens is 396 g/mol. The molecule has 29 heavy (non-hydrogen) atoms. The molecule has 0 radical (unpaired) electrons. The Morgan fingerprint density at radius 2 is 1.72 bits per heavy atom. The molecule has 0 saturated carbocycles. The summed E-state index contributed by atoms with van der Waals surface area (Å²) in [6.45, 7) is 3.95. The third-order valence-electron chi connectivity index (χ3n) is 4.21. The molecular formula is C20H23ClN4O4. The molecule has 3 amide bonds. The number of rotatable bonds is 8. The van der Waals surface area contributed by atoms with Gasteiger partial charge >= 0.3 is 6.03 Å². The molecule has 0 aliphatic carbocycles. The molecule has 8 nitrogen and oxygen atoms in total. The van der Waals surface area contributed by atoms with Crippen molar-refractivity contribution < 1.29 is 14.5 Å². The third kappa shape index (κ3) is 6.18. The van der Waals surface area contributed by atoms with Crippen molar-refractivity contribution >= 4 is 40.6 Å². The van der Waals surface area contributed by atoms with E-state index in [1.165, 1.54) is 29.2 Å². The first-order valence-corrected chi connectivity index (χ1v) is 9.50. The van der Waals surface area contributed by atoms with Crippen molar-refractivity contribution in [3.63, 3.8) is 0 Å². The zero-order chi connectivity index (χ0) is 21.4. The maximum atomic E-state index is 12.8. The van der Waals surface area contributed by atoms with Crippen LogP contribution in [0.3, 0.4) is 0 Å². The number of non-ortho nitro benzene ring substituents is 1. The average Bonchev–Trinajstić information content (AvgIpc) is 2.71. The number of nitrogens with one attached hydrogen (secondary N) is 2. The van der Waals surface area contributed by atoms with E-state index in [0.717, 1.165) is 0 Å². The molecule has 0 aliphatic heterocycles. The fourth-order valence-corrected chi connectivity index (χ4v) is 2.52. The van der Waals surface area contributed by atoms with Gasteiger partial charge in [0.05, 0.1) is 10.3 Å². The van der Waals surface area contributed by atoms with Gasteiger partial charge in [0.1, 0.15) is 0 Å². The number of amides is 3. The summed E-state index contributed by atoms with van der Waals surface area (Å²) in [6, 6.07) is 14.1. The molecule has 0 saturated heterocycles. The van der Waals surface area contributed by atoms with Gasteiger partial charge in [-0.1, -0.05) is 18.2 Å². The highest BCUT2D eigenvalue weighted by Crippen LogP contribution is 2.19. The first-order valence-electron chi connectivity index (χ1n) is 8.97. The van der Waals surface area contributed by atoms with E-state index in [0.29, 0.717) is 11.4 Å². The summed E-state index contributed by atoms with van der Waals surface area (Å²) in [5.41, 5.74) is 0.305. The van der Waals surface area contributed by atoms with Crippen molar-refractivity contribution in [3.05, 3.63) is 64.7 Å². The summed E-state index contributed by atoms with van der Waals surface area (Å²) in [5.74, 6) is -0.0155. The van der Waals surface area contributed by atoms with Crippen LogP contribution >= 0.6 is 11.6 Å². The van der Waals surface area contributed by atoms with E-state index < -0.39 is 16.4 Å². The molecule has 2 aromatic rings. The summed E-state index contributed by atoms with van der Waals surface area (Å²) in [6.07, 6.45) is 0. The van der Waals surface area contributed by atoms with E-state index >= 15 is 0 Å². The quantitative estimate of drug-likeness (QED) is 0.383. The lowest BCUT2D eigenvalue weighted by Gasteiger charge is -2.25. The van der Waals surface area contributed by atoms with E-state index in [-0.39, 0.29) is 30.6 Å². The van der Waals surface area contributed by atoms with Gasteiger partial charge in [-0.2, -0.15) is 0 Å². The number of halogens is 1. The minimum atomic E-state index is -0.708. The monoisotopic (exact) mass is 418 g/mol. The fraction of sp³-hybridized carbons (Fsp3) is 0.300. The number of nitro groups is 1. The number of para-hydroxylation sites is 1. The number of carbonyl (C=O) groups is 2. The molecule has 0 bridgehead atoms. The van der Waals surface area contributed by atoms with Crippen LogP contribution in [0.15, 0.2) is 54.6 Å². The largest absolute Gasteiger partial charge is 0.354 e. The van der Waals surface area contributed by atoms with Crippen LogP contribution < -0.4 is 15.5 Å². The maximum absolute atomic E-state index is 12.8. The molecule has 9 heteroatoms. The summed E-state index contributed by atoms with van der Waals surface area (Å²) < 4.78 is 0. The van der Waals surface area contributed by atoms with Crippen molar-refractivity contribution in [1.82, 2.24) is 5.32 Å². The Bertz CT molecular complexity index is 857. The molecule has 0 aliphatic rings. The van der Waals surface area contributed by atoms with Crippen LogP contribution in [0.2, 0.25) is 0 Å². The van der Waals surface area contributed by atoms with Crippen LogP contribution in [0.4, 0.5) is 21.9 Å². The average molecular weight is 419 g/mol. The molecule has 0 atom stereocenters. The second-order valence-corrected chi connectivity index (χ2v) is 7.26. The fourth-order valence-electron chi connectivity index (χ4n) is 2.39. The number of benzene rings is 2. The van der Waals surface area contributed by atoms with Gasteiger partial charge in [0.2, 0.25) is 5.91 Å². The van der Waals surface area contributed by atoms with Gasteiger partial charge in [-0.05, 0) is 38.1 Å². The lowest BCUT2D eigenvalue weighted by Crippen LogP contribution is -2.44. The van der Waals surface area contributed by atoms with Gasteiger partial charge in [-0.25, -0.2) is 4.79 Å². The number of nitro benzene ring substituents is 1.